The molecule has 0 aliphatic rings. The Morgan fingerprint density at radius 3 is 2.50 bits per heavy atom. The third-order valence-electron chi connectivity index (χ3n) is 5.14. The van der Waals surface area contributed by atoms with E-state index < -0.39 is 18.8 Å². The van der Waals surface area contributed by atoms with Crippen molar-refractivity contribution in [3.05, 3.63) is 42.2 Å². The molecule has 0 amide bonds. The first-order chi connectivity index (χ1) is 15.2. The molecular formula is C24H36BNO6. The van der Waals surface area contributed by atoms with Gasteiger partial charge in [0.05, 0.1) is 25.4 Å². The van der Waals surface area contributed by atoms with Crippen molar-refractivity contribution in [2.45, 2.75) is 64.5 Å². The van der Waals surface area contributed by atoms with E-state index in [0.29, 0.717) is 24.5 Å². The molecule has 1 unspecified atom stereocenters. The van der Waals surface area contributed by atoms with Crippen molar-refractivity contribution in [3.63, 3.8) is 0 Å². The van der Waals surface area contributed by atoms with Gasteiger partial charge in [-0.3, -0.25) is 4.98 Å². The van der Waals surface area contributed by atoms with Crippen LogP contribution in [0.5, 0.6) is 11.5 Å². The number of aromatic nitrogens is 1. The van der Waals surface area contributed by atoms with Crippen molar-refractivity contribution in [1.82, 2.24) is 4.98 Å². The molecule has 0 saturated heterocycles. The summed E-state index contributed by atoms with van der Waals surface area (Å²) in [5, 5.41) is 30.0. The first-order valence-corrected chi connectivity index (χ1v) is 11.1. The molecule has 0 saturated carbocycles. The molecule has 1 heterocycles. The summed E-state index contributed by atoms with van der Waals surface area (Å²) in [4.78, 5) is 4.35. The molecule has 2 rings (SSSR count). The van der Waals surface area contributed by atoms with Crippen LogP contribution in [0.25, 0.3) is 11.1 Å². The molecule has 0 fully saturated rings. The van der Waals surface area contributed by atoms with E-state index in [4.69, 9.17) is 14.1 Å². The molecular weight excluding hydrogens is 409 g/mol. The number of nitrogens with zero attached hydrogens (tertiary/aromatic N) is 1. The highest BCUT2D eigenvalue weighted by atomic mass is 16.5. The lowest BCUT2D eigenvalue weighted by atomic mass is 9.74. The first-order valence-electron chi connectivity index (χ1n) is 11.1. The van der Waals surface area contributed by atoms with Gasteiger partial charge in [-0.1, -0.05) is 13.0 Å². The van der Waals surface area contributed by atoms with E-state index in [1.165, 1.54) is 0 Å². The van der Waals surface area contributed by atoms with Gasteiger partial charge >= 0.3 is 7.12 Å². The highest BCUT2D eigenvalue weighted by Crippen LogP contribution is 2.34. The molecule has 2 atom stereocenters. The Hall–Kier alpha value is -2.13. The summed E-state index contributed by atoms with van der Waals surface area (Å²) in [7, 11) is 0.525. The number of aliphatic hydroxyl groups excluding tert-OH is 2. The SMILES string of the molecule is CCCOc1cc(-c2cncc([C@@H](CO)CB(O)OC(C)(C)CC(C)O)c2)ccc1OC. The lowest BCUT2D eigenvalue weighted by molar-refractivity contribution is 0.0285. The Bertz CT molecular complexity index is 845. The van der Waals surface area contributed by atoms with Crippen LogP contribution in [-0.2, 0) is 4.65 Å². The minimum atomic E-state index is -1.08. The smallest absolute Gasteiger partial charge is 0.455 e. The summed E-state index contributed by atoms with van der Waals surface area (Å²) in [6.07, 6.45) is 4.39. The second kappa shape index (κ2) is 12.2. The molecule has 32 heavy (non-hydrogen) atoms. The van der Waals surface area contributed by atoms with Crippen molar-refractivity contribution in [3.8, 4) is 22.6 Å². The maximum absolute atomic E-state index is 10.5. The average Bonchev–Trinajstić information content (AvgIpc) is 2.74. The van der Waals surface area contributed by atoms with Crippen LogP contribution >= 0.6 is 0 Å². The fourth-order valence-electron chi connectivity index (χ4n) is 3.76. The zero-order valence-corrected chi connectivity index (χ0v) is 19.7. The van der Waals surface area contributed by atoms with Gasteiger partial charge in [0.15, 0.2) is 11.5 Å². The predicted molar refractivity (Wildman–Crippen MR) is 126 cm³/mol. The van der Waals surface area contributed by atoms with Crippen molar-refractivity contribution >= 4 is 7.12 Å². The largest absolute Gasteiger partial charge is 0.493 e. The van der Waals surface area contributed by atoms with Crippen LogP contribution < -0.4 is 9.47 Å². The fraction of sp³-hybridized carbons (Fsp3) is 0.542. The van der Waals surface area contributed by atoms with Crippen molar-refractivity contribution in [2.75, 3.05) is 20.3 Å². The monoisotopic (exact) mass is 445 g/mol. The zero-order chi connectivity index (χ0) is 23.7. The number of hydrogen-bond donors (Lipinski definition) is 3. The highest BCUT2D eigenvalue weighted by molar-refractivity contribution is 6.43. The third kappa shape index (κ3) is 7.78. The number of hydrogen-bond acceptors (Lipinski definition) is 7. The van der Waals surface area contributed by atoms with Gasteiger partial charge in [0.1, 0.15) is 0 Å². The molecule has 0 radical (unpaired) electrons. The maximum Gasteiger partial charge on any atom is 0.455 e. The van der Waals surface area contributed by atoms with E-state index >= 15 is 0 Å². The lowest BCUT2D eigenvalue weighted by Gasteiger charge is -2.29. The number of aliphatic hydroxyl groups is 2. The molecule has 0 aliphatic carbocycles. The summed E-state index contributed by atoms with van der Waals surface area (Å²) in [5.74, 6) is 0.980. The van der Waals surface area contributed by atoms with E-state index in [2.05, 4.69) is 4.98 Å². The minimum absolute atomic E-state index is 0.157. The van der Waals surface area contributed by atoms with Crippen LogP contribution in [0.2, 0.25) is 6.32 Å². The second-order valence-electron chi connectivity index (χ2n) is 8.72. The van der Waals surface area contributed by atoms with Crippen LogP contribution in [0, 0.1) is 0 Å². The average molecular weight is 445 g/mol. The molecule has 0 bridgehead atoms. The van der Waals surface area contributed by atoms with Gasteiger partial charge < -0.3 is 29.4 Å². The summed E-state index contributed by atoms with van der Waals surface area (Å²) >= 11 is 0. The Balaban J connectivity index is 2.20. The molecule has 7 nitrogen and oxygen atoms in total. The molecule has 1 aromatic heterocycles. The topological polar surface area (TPSA) is 101 Å². The molecule has 8 heteroatoms. The number of benzene rings is 1. The standard InChI is InChI=1S/C24H36BNO6/c1-6-9-31-23-11-18(7-8-22(23)30-5)19-10-20(15-26-14-19)21(16-27)13-25(29)32-24(3,4)12-17(2)28/h7-8,10-11,14-15,17,21,27-29H,6,9,12-13,16H2,1-5H3/t17?,21-/m1/s1. The molecule has 0 spiro atoms. The number of ether oxygens (including phenoxy) is 2. The van der Waals surface area contributed by atoms with Gasteiger partial charge in [-0.05, 0) is 62.8 Å². The second-order valence-corrected chi connectivity index (χ2v) is 8.72. The van der Waals surface area contributed by atoms with Crippen LogP contribution in [0.3, 0.4) is 0 Å². The van der Waals surface area contributed by atoms with Gasteiger partial charge in [-0.15, -0.1) is 0 Å². The molecule has 2 aromatic rings. The zero-order valence-electron chi connectivity index (χ0n) is 19.7. The molecule has 176 valence electrons. The van der Waals surface area contributed by atoms with Gasteiger partial charge in [-0.25, -0.2) is 0 Å². The van der Waals surface area contributed by atoms with Gasteiger partial charge in [0.2, 0.25) is 0 Å². The van der Waals surface area contributed by atoms with Crippen LogP contribution in [0.15, 0.2) is 36.7 Å². The van der Waals surface area contributed by atoms with E-state index in [0.717, 1.165) is 23.1 Å². The van der Waals surface area contributed by atoms with Crippen LogP contribution in [-0.4, -0.2) is 59.4 Å². The van der Waals surface area contributed by atoms with E-state index in [9.17, 15) is 15.2 Å². The van der Waals surface area contributed by atoms with E-state index in [1.807, 2.05) is 45.0 Å². The molecule has 0 aliphatic heterocycles. The van der Waals surface area contributed by atoms with Crippen LogP contribution in [0.1, 0.15) is 52.0 Å². The Morgan fingerprint density at radius 2 is 1.88 bits per heavy atom. The van der Waals surface area contributed by atoms with Gasteiger partial charge in [0, 0.05) is 36.9 Å². The summed E-state index contributed by atoms with van der Waals surface area (Å²) in [5.41, 5.74) is 1.89. The maximum atomic E-state index is 10.5. The highest BCUT2D eigenvalue weighted by Gasteiger charge is 2.30. The van der Waals surface area contributed by atoms with Gasteiger partial charge in [-0.2, -0.15) is 0 Å². The van der Waals surface area contributed by atoms with Crippen molar-refractivity contribution in [2.24, 2.45) is 0 Å². The Labute approximate surface area is 191 Å². The Kier molecular flexibility index (Phi) is 9.97. The molecule has 3 N–H and O–H groups in total. The summed E-state index contributed by atoms with van der Waals surface area (Å²) in [6.45, 7) is 7.80. The normalized spacial score (nSPS) is 13.5. The Morgan fingerprint density at radius 1 is 1.12 bits per heavy atom. The lowest BCUT2D eigenvalue weighted by Crippen LogP contribution is -2.37. The van der Waals surface area contributed by atoms with E-state index in [1.54, 1.807) is 26.4 Å². The quantitative estimate of drug-likeness (QED) is 0.405. The predicted octanol–water partition coefficient (Wildman–Crippen LogP) is 3.67. The number of pyridine rings is 1. The number of methoxy groups -OCH3 is 1. The van der Waals surface area contributed by atoms with Gasteiger partial charge in [0.25, 0.3) is 0 Å². The number of rotatable bonds is 13. The first kappa shape index (κ1) is 26.1. The summed E-state index contributed by atoms with van der Waals surface area (Å²) in [6, 6.07) is 7.66. The van der Waals surface area contributed by atoms with Crippen molar-refractivity contribution < 1.29 is 29.4 Å². The fourth-order valence-corrected chi connectivity index (χ4v) is 3.76. The third-order valence-corrected chi connectivity index (χ3v) is 5.14. The van der Waals surface area contributed by atoms with Crippen molar-refractivity contribution in [1.29, 1.82) is 0 Å². The molecule has 1 aromatic carbocycles. The summed E-state index contributed by atoms with van der Waals surface area (Å²) < 4.78 is 16.9. The minimum Gasteiger partial charge on any atom is -0.493 e. The van der Waals surface area contributed by atoms with E-state index in [-0.39, 0.29) is 18.8 Å². The van der Waals surface area contributed by atoms with Crippen LogP contribution in [0.4, 0.5) is 0 Å².